The lowest BCUT2D eigenvalue weighted by molar-refractivity contribution is 0.484. The van der Waals surface area contributed by atoms with Gasteiger partial charge in [-0.25, -0.2) is 12.7 Å². The summed E-state index contributed by atoms with van der Waals surface area (Å²) in [6.07, 6.45) is 1.81. The quantitative estimate of drug-likeness (QED) is 0.786. The van der Waals surface area contributed by atoms with Crippen LogP contribution in [0.3, 0.4) is 0 Å². The molecule has 1 aromatic carbocycles. The van der Waals surface area contributed by atoms with Crippen molar-refractivity contribution in [1.29, 1.82) is 0 Å². The molecular weight excluding hydrogens is 296 g/mol. The van der Waals surface area contributed by atoms with Gasteiger partial charge in [-0.2, -0.15) is 0 Å². The van der Waals surface area contributed by atoms with Gasteiger partial charge in [0.25, 0.3) is 0 Å². The lowest BCUT2D eigenvalue weighted by Gasteiger charge is -2.32. The zero-order valence-corrected chi connectivity index (χ0v) is 14.1. The van der Waals surface area contributed by atoms with E-state index in [0.29, 0.717) is 5.88 Å². The minimum absolute atomic E-state index is 0.149. The molecule has 114 valence electrons. The largest absolute Gasteiger partial charge is 0.378 e. The smallest absolute Gasteiger partial charge is 0.242 e. The molecule has 0 unspecified atom stereocenters. The van der Waals surface area contributed by atoms with Crippen LogP contribution in [-0.2, 0) is 10.0 Å². The Labute approximate surface area is 127 Å². The van der Waals surface area contributed by atoms with E-state index in [1.807, 2.05) is 0 Å². The fourth-order valence-corrected chi connectivity index (χ4v) is 3.22. The highest BCUT2D eigenvalue weighted by Gasteiger charge is 2.25. The molecule has 0 aliphatic carbocycles. The molecule has 0 radical (unpaired) electrons. The molecule has 6 heteroatoms. The van der Waals surface area contributed by atoms with Crippen molar-refractivity contribution in [2.75, 3.05) is 25.3 Å². The molecule has 0 saturated heterocycles. The predicted octanol–water partition coefficient (Wildman–Crippen LogP) is 3.15. The maximum absolute atomic E-state index is 12.0. The first-order valence-corrected chi connectivity index (χ1v) is 8.65. The van der Waals surface area contributed by atoms with E-state index in [4.69, 9.17) is 11.6 Å². The van der Waals surface area contributed by atoms with Crippen molar-refractivity contribution in [3.8, 4) is 0 Å². The van der Waals surface area contributed by atoms with Crippen LogP contribution in [0, 0.1) is 0 Å². The highest BCUT2D eigenvalue weighted by atomic mass is 35.5. The molecule has 0 fully saturated rings. The van der Waals surface area contributed by atoms with Crippen molar-refractivity contribution in [2.45, 2.75) is 37.1 Å². The van der Waals surface area contributed by atoms with Gasteiger partial charge >= 0.3 is 0 Å². The summed E-state index contributed by atoms with van der Waals surface area (Å²) in [5.41, 5.74) is 0.732. The van der Waals surface area contributed by atoms with Crippen molar-refractivity contribution in [3.63, 3.8) is 0 Å². The van der Waals surface area contributed by atoms with Crippen LogP contribution < -0.4 is 5.32 Å². The third-order valence-electron chi connectivity index (χ3n) is 3.65. The molecule has 1 aromatic rings. The van der Waals surface area contributed by atoms with Crippen molar-refractivity contribution >= 4 is 27.3 Å². The average Bonchev–Trinajstić information content (AvgIpc) is 2.45. The SMILES string of the molecule is CCC(CC)(CCl)Nc1ccc(S(=O)(=O)N(C)C)cc1. The van der Waals surface area contributed by atoms with Gasteiger partial charge in [0.2, 0.25) is 10.0 Å². The van der Waals surface area contributed by atoms with E-state index in [-0.39, 0.29) is 10.4 Å². The maximum Gasteiger partial charge on any atom is 0.242 e. The molecule has 0 atom stereocenters. The number of halogens is 1. The Morgan fingerprint density at radius 2 is 1.65 bits per heavy atom. The molecule has 0 saturated carbocycles. The number of hydrogen-bond donors (Lipinski definition) is 1. The molecule has 0 bridgehead atoms. The first-order valence-electron chi connectivity index (χ1n) is 6.68. The zero-order chi connectivity index (χ0) is 15.4. The van der Waals surface area contributed by atoms with E-state index < -0.39 is 10.0 Å². The van der Waals surface area contributed by atoms with Gasteiger partial charge in [-0.15, -0.1) is 11.6 Å². The van der Waals surface area contributed by atoms with E-state index in [9.17, 15) is 8.42 Å². The molecule has 1 rings (SSSR count). The van der Waals surface area contributed by atoms with Crippen LogP contribution in [0.25, 0.3) is 0 Å². The molecule has 1 N–H and O–H groups in total. The fraction of sp³-hybridized carbons (Fsp3) is 0.571. The normalized spacial score (nSPS) is 12.7. The van der Waals surface area contributed by atoms with E-state index >= 15 is 0 Å². The van der Waals surface area contributed by atoms with Crippen LogP contribution in [0.1, 0.15) is 26.7 Å². The summed E-state index contributed by atoms with van der Waals surface area (Å²) in [5, 5.41) is 3.41. The van der Waals surface area contributed by atoms with Gasteiger partial charge in [0.05, 0.1) is 10.4 Å². The van der Waals surface area contributed by atoms with Gasteiger partial charge in [0, 0.05) is 25.7 Å². The Morgan fingerprint density at radius 3 is 2.00 bits per heavy atom. The summed E-state index contributed by atoms with van der Waals surface area (Å²) >= 11 is 6.05. The zero-order valence-electron chi connectivity index (χ0n) is 12.5. The standard InChI is InChI=1S/C14H23ClN2O2S/c1-5-14(6-2,11-15)16-12-7-9-13(10-8-12)20(18,19)17(3)4/h7-10,16H,5-6,11H2,1-4H3. The number of nitrogens with zero attached hydrogens (tertiary/aromatic N) is 1. The Bertz CT molecular complexity index is 514. The maximum atomic E-state index is 12.0. The fourth-order valence-electron chi connectivity index (χ4n) is 1.88. The average molecular weight is 319 g/mol. The van der Waals surface area contributed by atoms with Gasteiger partial charge in [-0.3, -0.25) is 0 Å². The highest BCUT2D eigenvalue weighted by Crippen LogP contribution is 2.25. The summed E-state index contributed by atoms with van der Waals surface area (Å²) in [4.78, 5) is 0.289. The van der Waals surface area contributed by atoms with E-state index in [0.717, 1.165) is 18.5 Å². The number of nitrogens with one attached hydrogen (secondary N) is 1. The summed E-state index contributed by atoms with van der Waals surface area (Å²) < 4.78 is 25.2. The van der Waals surface area contributed by atoms with Crippen LogP contribution in [0.5, 0.6) is 0 Å². The number of benzene rings is 1. The molecule has 0 aromatic heterocycles. The Balaban J connectivity index is 2.98. The van der Waals surface area contributed by atoms with Gasteiger partial charge in [0.15, 0.2) is 0 Å². The Morgan fingerprint density at radius 1 is 1.15 bits per heavy atom. The van der Waals surface area contributed by atoms with Gasteiger partial charge in [-0.05, 0) is 37.1 Å². The molecule has 0 aliphatic heterocycles. The third kappa shape index (κ3) is 3.65. The Hall–Kier alpha value is -0.780. The molecule has 0 aliphatic rings. The number of hydrogen-bond acceptors (Lipinski definition) is 3. The summed E-state index contributed by atoms with van der Waals surface area (Å²) in [6.45, 7) is 4.17. The number of sulfonamides is 1. The molecule has 0 amide bonds. The van der Waals surface area contributed by atoms with Crippen LogP contribution in [0.4, 0.5) is 5.69 Å². The molecule has 0 heterocycles. The van der Waals surface area contributed by atoms with Gasteiger partial charge < -0.3 is 5.32 Å². The van der Waals surface area contributed by atoms with Crippen LogP contribution in [0.15, 0.2) is 29.2 Å². The van der Waals surface area contributed by atoms with Gasteiger partial charge in [0.1, 0.15) is 0 Å². The number of anilines is 1. The lowest BCUT2D eigenvalue weighted by atomic mass is 9.95. The van der Waals surface area contributed by atoms with E-state index in [1.54, 1.807) is 24.3 Å². The second kappa shape index (κ2) is 6.78. The highest BCUT2D eigenvalue weighted by molar-refractivity contribution is 7.89. The van der Waals surface area contributed by atoms with Crippen molar-refractivity contribution in [1.82, 2.24) is 4.31 Å². The summed E-state index contributed by atoms with van der Waals surface area (Å²) in [6, 6.07) is 6.79. The van der Waals surface area contributed by atoms with E-state index in [2.05, 4.69) is 19.2 Å². The first kappa shape index (κ1) is 17.3. The molecule has 20 heavy (non-hydrogen) atoms. The summed E-state index contributed by atoms with van der Waals surface area (Å²) in [7, 11) is -0.331. The number of rotatable bonds is 7. The minimum Gasteiger partial charge on any atom is -0.378 e. The molecule has 4 nitrogen and oxygen atoms in total. The van der Waals surface area contributed by atoms with Crippen molar-refractivity contribution in [2.24, 2.45) is 0 Å². The molecule has 0 spiro atoms. The lowest BCUT2D eigenvalue weighted by Crippen LogP contribution is -2.38. The second-order valence-corrected chi connectivity index (χ2v) is 7.48. The Kier molecular flexibility index (Phi) is 5.86. The summed E-state index contributed by atoms with van der Waals surface area (Å²) in [5.74, 6) is 0.512. The van der Waals surface area contributed by atoms with Crippen LogP contribution in [-0.4, -0.2) is 38.2 Å². The van der Waals surface area contributed by atoms with Crippen molar-refractivity contribution < 1.29 is 8.42 Å². The van der Waals surface area contributed by atoms with Crippen LogP contribution >= 0.6 is 11.6 Å². The van der Waals surface area contributed by atoms with Crippen LogP contribution in [0.2, 0.25) is 0 Å². The predicted molar refractivity (Wildman–Crippen MR) is 85.0 cm³/mol. The monoisotopic (exact) mass is 318 g/mol. The van der Waals surface area contributed by atoms with Gasteiger partial charge in [-0.1, -0.05) is 13.8 Å². The molecular formula is C14H23ClN2O2S. The minimum atomic E-state index is -3.37. The topological polar surface area (TPSA) is 49.4 Å². The van der Waals surface area contributed by atoms with E-state index in [1.165, 1.54) is 18.4 Å². The third-order valence-corrected chi connectivity index (χ3v) is 5.99. The van der Waals surface area contributed by atoms with Crippen molar-refractivity contribution in [3.05, 3.63) is 24.3 Å². The first-order chi connectivity index (χ1) is 9.31. The second-order valence-electron chi connectivity index (χ2n) is 5.06. The number of alkyl halides is 1.